The first-order valence-electron chi connectivity index (χ1n) is 5.45. The summed E-state index contributed by atoms with van der Waals surface area (Å²) < 4.78 is 5.28. The van der Waals surface area contributed by atoms with Crippen LogP contribution in [-0.4, -0.2) is 40.9 Å². The molecule has 1 rings (SSSR count). The minimum absolute atomic E-state index is 0.0114. The molecule has 88 valence electrons. The van der Waals surface area contributed by atoms with Crippen molar-refractivity contribution in [3.8, 4) is 0 Å². The summed E-state index contributed by atoms with van der Waals surface area (Å²) in [7, 11) is 0. The van der Waals surface area contributed by atoms with Gasteiger partial charge in [-0.2, -0.15) is 0 Å². The lowest BCUT2D eigenvalue weighted by Gasteiger charge is -2.27. The van der Waals surface area contributed by atoms with Crippen molar-refractivity contribution in [3.05, 3.63) is 0 Å². The Labute approximate surface area is 91.2 Å². The number of hydrogen-bond donors (Lipinski definition) is 1. The minimum Gasteiger partial charge on any atom is -0.444 e. The van der Waals surface area contributed by atoms with Crippen LogP contribution in [0.2, 0.25) is 0 Å². The molecule has 2 atom stereocenters. The van der Waals surface area contributed by atoms with E-state index in [1.165, 1.54) is 0 Å². The topological polar surface area (TPSA) is 49.8 Å². The van der Waals surface area contributed by atoms with Crippen LogP contribution in [0.3, 0.4) is 0 Å². The smallest absolute Gasteiger partial charge is 0.410 e. The molecule has 1 aliphatic carbocycles. The largest absolute Gasteiger partial charge is 0.444 e. The van der Waals surface area contributed by atoms with Gasteiger partial charge in [-0.1, -0.05) is 6.92 Å². The molecule has 2 unspecified atom stereocenters. The molecule has 4 nitrogen and oxygen atoms in total. The third-order valence-corrected chi connectivity index (χ3v) is 2.44. The number of carbonyl (C=O) groups is 1. The van der Waals surface area contributed by atoms with Gasteiger partial charge in [0.1, 0.15) is 5.60 Å². The number of rotatable bonds is 3. The molecule has 0 saturated heterocycles. The van der Waals surface area contributed by atoms with E-state index in [9.17, 15) is 4.79 Å². The first kappa shape index (κ1) is 12.3. The van der Waals surface area contributed by atoms with Gasteiger partial charge >= 0.3 is 6.09 Å². The van der Waals surface area contributed by atoms with Crippen LogP contribution in [0.1, 0.15) is 34.1 Å². The van der Waals surface area contributed by atoms with Crippen LogP contribution >= 0.6 is 0 Å². The molecule has 15 heavy (non-hydrogen) atoms. The molecule has 0 radical (unpaired) electrons. The van der Waals surface area contributed by atoms with Crippen molar-refractivity contribution in [1.82, 2.24) is 4.90 Å². The Balaban J connectivity index is 2.52. The van der Waals surface area contributed by atoms with Crippen molar-refractivity contribution in [2.45, 2.75) is 45.8 Å². The SMILES string of the molecule is CC1CC1N(CCO)C(=O)OC(C)(C)C. The highest BCUT2D eigenvalue weighted by Crippen LogP contribution is 2.35. The fourth-order valence-electron chi connectivity index (χ4n) is 1.56. The van der Waals surface area contributed by atoms with Crippen molar-refractivity contribution in [2.75, 3.05) is 13.2 Å². The molecule has 0 aromatic carbocycles. The molecule has 0 aliphatic heterocycles. The quantitative estimate of drug-likeness (QED) is 0.778. The Bertz CT molecular complexity index is 234. The van der Waals surface area contributed by atoms with Crippen molar-refractivity contribution >= 4 is 6.09 Å². The summed E-state index contributed by atoms with van der Waals surface area (Å²) >= 11 is 0. The minimum atomic E-state index is -0.469. The number of nitrogens with zero attached hydrogens (tertiary/aromatic N) is 1. The Hall–Kier alpha value is -0.770. The second-order valence-corrected chi connectivity index (χ2v) is 5.18. The number of aliphatic hydroxyl groups excluding tert-OH is 1. The van der Waals surface area contributed by atoms with Gasteiger partial charge in [-0.3, -0.25) is 0 Å². The molecule has 4 heteroatoms. The Morgan fingerprint density at radius 1 is 1.53 bits per heavy atom. The summed E-state index contributed by atoms with van der Waals surface area (Å²) in [6, 6.07) is 0.256. The summed E-state index contributed by atoms with van der Waals surface area (Å²) in [6.45, 7) is 7.99. The molecule has 1 amide bonds. The van der Waals surface area contributed by atoms with E-state index in [2.05, 4.69) is 6.92 Å². The van der Waals surface area contributed by atoms with Crippen molar-refractivity contribution in [2.24, 2.45) is 5.92 Å². The normalized spacial score (nSPS) is 24.9. The molecule has 1 N–H and O–H groups in total. The monoisotopic (exact) mass is 215 g/mol. The lowest BCUT2D eigenvalue weighted by Crippen LogP contribution is -2.40. The third-order valence-electron chi connectivity index (χ3n) is 2.44. The summed E-state index contributed by atoms with van der Waals surface area (Å²) in [6.07, 6.45) is 0.699. The number of amides is 1. The Morgan fingerprint density at radius 3 is 2.40 bits per heavy atom. The average molecular weight is 215 g/mol. The average Bonchev–Trinajstić information content (AvgIpc) is 2.74. The molecule has 0 heterocycles. The van der Waals surface area contributed by atoms with Crippen LogP contribution < -0.4 is 0 Å². The van der Waals surface area contributed by atoms with Crippen LogP contribution in [0, 0.1) is 5.92 Å². The first-order valence-corrected chi connectivity index (χ1v) is 5.45. The second-order valence-electron chi connectivity index (χ2n) is 5.18. The summed E-state index contributed by atoms with van der Waals surface area (Å²) in [4.78, 5) is 13.4. The van der Waals surface area contributed by atoms with E-state index < -0.39 is 5.60 Å². The van der Waals surface area contributed by atoms with E-state index >= 15 is 0 Å². The standard InChI is InChI=1S/C11H21NO3/c1-8-7-9(8)12(5-6-13)10(14)15-11(2,3)4/h8-9,13H,5-7H2,1-4H3. The Kier molecular flexibility index (Phi) is 3.60. The molecule has 0 aromatic heterocycles. The van der Waals surface area contributed by atoms with E-state index in [1.807, 2.05) is 20.8 Å². The number of carbonyl (C=O) groups excluding carboxylic acids is 1. The van der Waals surface area contributed by atoms with Crippen LogP contribution in [-0.2, 0) is 4.74 Å². The molecule has 1 aliphatic rings. The maximum absolute atomic E-state index is 11.8. The zero-order valence-electron chi connectivity index (χ0n) is 9.99. The van der Waals surface area contributed by atoms with Crippen molar-refractivity contribution in [1.29, 1.82) is 0 Å². The van der Waals surface area contributed by atoms with Crippen molar-refractivity contribution < 1.29 is 14.6 Å². The van der Waals surface area contributed by atoms with Gasteiger partial charge in [0.15, 0.2) is 0 Å². The van der Waals surface area contributed by atoms with Crippen LogP contribution in [0.4, 0.5) is 4.79 Å². The summed E-state index contributed by atoms with van der Waals surface area (Å²) in [5.74, 6) is 0.532. The Morgan fingerprint density at radius 2 is 2.07 bits per heavy atom. The van der Waals surface area contributed by atoms with Crippen LogP contribution in [0.15, 0.2) is 0 Å². The maximum atomic E-state index is 11.8. The second kappa shape index (κ2) is 4.39. The molecule has 0 bridgehead atoms. The molecular weight excluding hydrogens is 194 g/mol. The number of aliphatic hydroxyl groups is 1. The number of hydrogen-bond acceptors (Lipinski definition) is 3. The lowest BCUT2D eigenvalue weighted by molar-refractivity contribution is 0.0193. The van der Waals surface area contributed by atoms with Gasteiger partial charge in [0.2, 0.25) is 0 Å². The van der Waals surface area contributed by atoms with Crippen molar-refractivity contribution in [3.63, 3.8) is 0 Å². The highest BCUT2D eigenvalue weighted by atomic mass is 16.6. The van der Waals surface area contributed by atoms with E-state index in [-0.39, 0.29) is 18.7 Å². The highest BCUT2D eigenvalue weighted by molar-refractivity contribution is 5.69. The molecule has 1 saturated carbocycles. The van der Waals surface area contributed by atoms with E-state index in [0.29, 0.717) is 12.5 Å². The van der Waals surface area contributed by atoms with Gasteiger partial charge < -0.3 is 14.7 Å². The fraction of sp³-hybridized carbons (Fsp3) is 0.909. The van der Waals surface area contributed by atoms with Gasteiger partial charge in [-0.25, -0.2) is 4.79 Å². The fourth-order valence-corrected chi connectivity index (χ4v) is 1.56. The van der Waals surface area contributed by atoms with Crippen LogP contribution in [0.25, 0.3) is 0 Å². The van der Waals surface area contributed by atoms with Gasteiger partial charge in [0.05, 0.1) is 6.61 Å². The summed E-state index contributed by atoms with van der Waals surface area (Å²) in [5, 5.41) is 8.90. The predicted octanol–water partition coefficient (Wildman–Crippen LogP) is 1.62. The predicted molar refractivity (Wildman–Crippen MR) is 57.6 cm³/mol. The van der Waals surface area contributed by atoms with E-state index in [1.54, 1.807) is 4.90 Å². The highest BCUT2D eigenvalue weighted by Gasteiger charge is 2.41. The number of ether oxygens (including phenoxy) is 1. The van der Waals surface area contributed by atoms with E-state index in [0.717, 1.165) is 6.42 Å². The molecule has 0 aromatic rings. The third kappa shape index (κ3) is 3.70. The maximum Gasteiger partial charge on any atom is 0.410 e. The van der Waals surface area contributed by atoms with Gasteiger partial charge in [0, 0.05) is 12.6 Å². The van der Waals surface area contributed by atoms with E-state index in [4.69, 9.17) is 9.84 Å². The first-order chi connectivity index (χ1) is 6.85. The van der Waals surface area contributed by atoms with Gasteiger partial charge in [0.25, 0.3) is 0 Å². The lowest BCUT2D eigenvalue weighted by atomic mass is 10.2. The zero-order valence-corrected chi connectivity index (χ0v) is 9.99. The van der Waals surface area contributed by atoms with Gasteiger partial charge in [-0.05, 0) is 33.1 Å². The van der Waals surface area contributed by atoms with Crippen LogP contribution in [0.5, 0.6) is 0 Å². The molecule has 0 spiro atoms. The zero-order chi connectivity index (χ0) is 11.6. The molecule has 1 fully saturated rings. The molecular formula is C11H21NO3. The van der Waals surface area contributed by atoms with Gasteiger partial charge in [-0.15, -0.1) is 0 Å². The summed E-state index contributed by atoms with van der Waals surface area (Å²) in [5.41, 5.74) is -0.469.